The Bertz CT molecular complexity index is 218. The first-order valence-corrected chi connectivity index (χ1v) is 4.08. The number of hydrogen-bond acceptors (Lipinski definition) is 1. The van der Waals surface area contributed by atoms with E-state index in [1.54, 1.807) is 7.05 Å². The van der Waals surface area contributed by atoms with Crippen LogP contribution in [0.15, 0.2) is 24.3 Å². The first-order chi connectivity index (χ1) is 5.83. The maximum absolute atomic E-state index is 5.41. The zero-order valence-electron chi connectivity index (χ0n) is 7.58. The quantitative estimate of drug-likeness (QED) is 0.626. The molecule has 0 unspecified atom stereocenters. The normalized spacial score (nSPS) is 9.83. The molecule has 1 rings (SSSR count). The van der Waals surface area contributed by atoms with Crippen molar-refractivity contribution in [2.24, 2.45) is 0 Å². The van der Waals surface area contributed by atoms with E-state index >= 15 is 0 Å². The summed E-state index contributed by atoms with van der Waals surface area (Å²) < 4.78 is 5.41. The minimum atomic E-state index is 0.666. The van der Waals surface area contributed by atoms with Gasteiger partial charge in [-0.1, -0.05) is 17.7 Å². The van der Waals surface area contributed by atoms with Gasteiger partial charge < -0.3 is 10.1 Å². The van der Waals surface area contributed by atoms with Gasteiger partial charge in [0.1, 0.15) is 5.75 Å². The number of nitrogens with zero attached hydrogens (tertiary/aromatic N) is 1. The number of aryl methyl sites for hydroxylation is 1. The largest absolute Gasteiger partial charge is 0.662 e. The van der Waals surface area contributed by atoms with Crippen LogP contribution in [0.2, 0.25) is 0 Å². The Morgan fingerprint density at radius 3 is 2.50 bits per heavy atom. The van der Waals surface area contributed by atoms with E-state index in [0.29, 0.717) is 6.61 Å². The van der Waals surface area contributed by atoms with Gasteiger partial charge in [0.25, 0.3) is 0 Å². The molecule has 12 heavy (non-hydrogen) atoms. The summed E-state index contributed by atoms with van der Waals surface area (Å²) in [4.78, 5) is 0. The first kappa shape index (κ1) is 9.07. The molecule has 0 aliphatic carbocycles. The molecule has 66 valence electrons. The summed E-state index contributed by atoms with van der Waals surface area (Å²) in [6.45, 7) is 3.48. The smallest absolute Gasteiger partial charge is 0.119 e. The third kappa shape index (κ3) is 2.93. The lowest BCUT2D eigenvalue weighted by Gasteiger charge is -2.11. The molecule has 0 atom stereocenters. The molecular weight excluding hydrogens is 150 g/mol. The third-order valence-electron chi connectivity index (χ3n) is 1.60. The van der Waals surface area contributed by atoms with Gasteiger partial charge in [0.15, 0.2) is 0 Å². The molecule has 1 aromatic carbocycles. The zero-order valence-corrected chi connectivity index (χ0v) is 7.58. The van der Waals surface area contributed by atoms with Crippen LogP contribution in [0.4, 0.5) is 0 Å². The van der Waals surface area contributed by atoms with E-state index in [-0.39, 0.29) is 0 Å². The molecule has 0 aliphatic heterocycles. The van der Waals surface area contributed by atoms with Gasteiger partial charge in [-0.05, 0) is 19.1 Å². The van der Waals surface area contributed by atoms with Crippen LogP contribution in [-0.4, -0.2) is 20.2 Å². The van der Waals surface area contributed by atoms with Crippen molar-refractivity contribution in [3.8, 4) is 5.75 Å². The van der Waals surface area contributed by atoms with Crippen molar-refractivity contribution in [3.05, 3.63) is 35.1 Å². The average Bonchev–Trinajstić information content (AvgIpc) is 2.09. The van der Waals surface area contributed by atoms with Crippen molar-refractivity contribution in [3.63, 3.8) is 0 Å². The Balaban J connectivity index is 2.37. The maximum atomic E-state index is 5.41. The Kier molecular flexibility index (Phi) is 3.61. The van der Waals surface area contributed by atoms with Gasteiger partial charge in [-0.2, -0.15) is 7.05 Å². The highest BCUT2D eigenvalue weighted by Crippen LogP contribution is 2.10. The molecule has 0 fully saturated rings. The SMILES string of the molecule is C[N-]CCOc1ccc(C)cc1. The zero-order chi connectivity index (χ0) is 8.81. The molecule has 0 radical (unpaired) electrons. The summed E-state index contributed by atoms with van der Waals surface area (Å²) >= 11 is 0. The van der Waals surface area contributed by atoms with Crippen LogP contribution in [0.1, 0.15) is 5.56 Å². The summed E-state index contributed by atoms with van der Waals surface area (Å²) in [5.74, 6) is 0.921. The second-order valence-corrected chi connectivity index (χ2v) is 2.70. The Labute approximate surface area is 73.6 Å². The fourth-order valence-corrected chi connectivity index (χ4v) is 0.889. The van der Waals surface area contributed by atoms with Crippen LogP contribution in [0.3, 0.4) is 0 Å². The van der Waals surface area contributed by atoms with Gasteiger partial charge in [0.05, 0.1) is 6.61 Å². The third-order valence-corrected chi connectivity index (χ3v) is 1.60. The van der Waals surface area contributed by atoms with E-state index in [1.807, 2.05) is 24.3 Å². The standard InChI is InChI=1S/C10H14NO/c1-9-3-5-10(6-4-9)12-8-7-11-2/h3-6H,7-8H2,1-2H3/q-1. The fourth-order valence-electron chi connectivity index (χ4n) is 0.889. The second-order valence-electron chi connectivity index (χ2n) is 2.70. The summed E-state index contributed by atoms with van der Waals surface area (Å²) in [5, 5.41) is 3.94. The number of benzene rings is 1. The second kappa shape index (κ2) is 4.78. The van der Waals surface area contributed by atoms with Crippen LogP contribution in [0.25, 0.3) is 5.32 Å². The topological polar surface area (TPSA) is 23.3 Å². The van der Waals surface area contributed by atoms with Crippen LogP contribution in [0.5, 0.6) is 5.75 Å². The molecule has 0 heterocycles. The number of hydrogen-bond donors (Lipinski definition) is 0. The summed E-state index contributed by atoms with van der Waals surface area (Å²) in [6, 6.07) is 8.03. The molecule has 0 amide bonds. The number of rotatable bonds is 4. The molecule has 0 saturated carbocycles. The predicted molar refractivity (Wildman–Crippen MR) is 50.8 cm³/mol. The van der Waals surface area contributed by atoms with Gasteiger partial charge in [-0.3, -0.25) is 0 Å². The van der Waals surface area contributed by atoms with E-state index in [1.165, 1.54) is 5.56 Å². The first-order valence-electron chi connectivity index (χ1n) is 4.08. The van der Waals surface area contributed by atoms with Crippen molar-refractivity contribution in [1.82, 2.24) is 0 Å². The molecule has 0 spiro atoms. The molecule has 0 aromatic heterocycles. The highest BCUT2D eigenvalue weighted by molar-refractivity contribution is 5.26. The Morgan fingerprint density at radius 1 is 1.25 bits per heavy atom. The predicted octanol–water partition coefficient (Wildman–Crippen LogP) is 2.38. The van der Waals surface area contributed by atoms with Crippen molar-refractivity contribution >= 4 is 0 Å². The molecule has 0 aliphatic rings. The Hall–Kier alpha value is -1.02. The monoisotopic (exact) mass is 164 g/mol. The summed E-state index contributed by atoms with van der Waals surface area (Å²) in [6.07, 6.45) is 0. The number of ether oxygens (including phenoxy) is 1. The van der Waals surface area contributed by atoms with Crippen LogP contribution >= 0.6 is 0 Å². The van der Waals surface area contributed by atoms with Crippen molar-refractivity contribution in [2.45, 2.75) is 6.92 Å². The van der Waals surface area contributed by atoms with Crippen molar-refractivity contribution < 1.29 is 4.74 Å². The van der Waals surface area contributed by atoms with Crippen molar-refractivity contribution in [1.29, 1.82) is 0 Å². The molecule has 2 heteroatoms. The van der Waals surface area contributed by atoms with Crippen LogP contribution in [-0.2, 0) is 0 Å². The van der Waals surface area contributed by atoms with Crippen molar-refractivity contribution in [2.75, 3.05) is 20.2 Å². The van der Waals surface area contributed by atoms with E-state index in [2.05, 4.69) is 12.2 Å². The maximum Gasteiger partial charge on any atom is 0.119 e. The van der Waals surface area contributed by atoms with E-state index in [4.69, 9.17) is 4.74 Å². The van der Waals surface area contributed by atoms with E-state index in [9.17, 15) is 0 Å². The minimum Gasteiger partial charge on any atom is -0.662 e. The molecule has 2 nitrogen and oxygen atoms in total. The lowest BCUT2D eigenvalue weighted by molar-refractivity contribution is 0.334. The highest BCUT2D eigenvalue weighted by Gasteiger charge is 1.88. The minimum absolute atomic E-state index is 0.666. The molecular formula is C10H14NO-. The van der Waals surface area contributed by atoms with Crippen LogP contribution in [0, 0.1) is 6.92 Å². The Morgan fingerprint density at radius 2 is 1.92 bits per heavy atom. The summed E-state index contributed by atoms with van der Waals surface area (Å²) in [5.41, 5.74) is 1.25. The van der Waals surface area contributed by atoms with Gasteiger partial charge in [-0.15, -0.1) is 6.54 Å². The van der Waals surface area contributed by atoms with E-state index in [0.717, 1.165) is 12.3 Å². The lowest BCUT2D eigenvalue weighted by atomic mass is 10.2. The average molecular weight is 164 g/mol. The van der Waals surface area contributed by atoms with Gasteiger partial charge >= 0.3 is 0 Å². The fraction of sp³-hybridized carbons (Fsp3) is 0.400. The lowest BCUT2D eigenvalue weighted by Crippen LogP contribution is -2.00. The molecule has 0 bridgehead atoms. The molecule has 0 N–H and O–H groups in total. The highest BCUT2D eigenvalue weighted by atomic mass is 16.5. The van der Waals surface area contributed by atoms with Gasteiger partial charge in [0.2, 0.25) is 0 Å². The summed E-state index contributed by atoms with van der Waals surface area (Å²) in [7, 11) is 1.79. The number of likely N-dealkylation sites (N-methyl/N-ethyl adjacent to an activating group) is 1. The molecule has 0 saturated heterocycles. The van der Waals surface area contributed by atoms with Crippen LogP contribution < -0.4 is 4.74 Å². The van der Waals surface area contributed by atoms with Gasteiger partial charge in [0, 0.05) is 0 Å². The van der Waals surface area contributed by atoms with Gasteiger partial charge in [-0.25, -0.2) is 0 Å². The molecule has 1 aromatic rings. The van der Waals surface area contributed by atoms with E-state index < -0.39 is 0 Å².